The first kappa shape index (κ1) is 19.4. The molecule has 1 aliphatic heterocycles. The third-order valence-corrected chi connectivity index (χ3v) is 6.02. The highest BCUT2D eigenvalue weighted by atomic mass is 32.1. The van der Waals surface area contributed by atoms with E-state index in [0.717, 1.165) is 36.6 Å². The van der Waals surface area contributed by atoms with Crippen molar-refractivity contribution in [1.82, 2.24) is 4.98 Å². The second-order valence-electron chi connectivity index (χ2n) is 7.88. The molecule has 144 valence electrons. The minimum absolute atomic E-state index is 0.103. The van der Waals surface area contributed by atoms with Crippen LogP contribution in [0.15, 0.2) is 24.4 Å². The summed E-state index contributed by atoms with van der Waals surface area (Å²) in [6, 6.07) is 5.25. The van der Waals surface area contributed by atoms with Crippen molar-refractivity contribution in [2.24, 2.45) is 5.73 Å². The second-order valence-corrected chi connectivity index (χ2v) is 8.91. The molecule has 0 aliphatic carbocycles. The smallest absolute Gasteiger partial charge is 0.267 e. The lowest BCUT2D eigenvalue weighted by molar-refractivity contribution is 0.0996. The van der Waals surface area contributed by atoms with Crippen LogP contribution in [-0.4, -0.2) is 29.9 Å². The third-order valence-electron chi connectivity index (χ3n) is 4.60. The molecule has 3 N–H and O–H groups in total. The Hall–Kier alpha value is -2.41. The topological polar surface area (TPSA) is 88.3 Å². The summed E-state index contributed by atoms with van der Waals surface area (Å²) >= 11 is 1.39. The maximum Gasteiger partial charge on any atom is 0.267 e. The molecule has 0 unspecified atom stereocenters. The standard InChI is InChI=1S/C20H26N4O2S/c1-20(2,3)19-22-12-16(27-19)18(26)23-14-11-13(17(21)25)7-8-15(14)24-9-5-4-6-10-24/h7-8,11-12H,4-6,9-10H2,1-3H3,(H2,21,25)(H,23,26). The SMILES string of the molecule is CC(C)(C)c1ncc(C(=O)Nc2cc(C(N)=O)ccc2N2CCCCC2)s1. The van der Waals surface area contributed by atoms with Gasteiger partial charge in [0.05, 0.1) is 22.6 Å². The van der Waals surface area contributed by atoms with E-state index in [1.807, 2.05) is 6.07 Å². The van der Waals surface area contributed by atoms with Gasteiger partial charge in [-0.25, -0.2) is 4.98 Å². The number of nitrogens with two attached hydrogens (primary N) is 1. The van der Waals surface area contributed by atoms with E-state index >= 15 is 0 Å². The number of primary amides is 1. The van der Waals surface area contributed by atoms with E-state index in [1.165, 1.54) is 17.8 Å². The molecule has 0 radical (unpaired) electrons. The van der Waals surface area contributed by atoms with Crippen LogP contribution in [0.4, 0.5) is 11.4 Å². The van der Waals surface area contributed by atoms with Crippen molar-refractivity contribution in [3.8, 4) is 0 Å². The lowest BCUT2D eigenvalue weighted by Crippen LogP contribution is -2.30. The summed E-state index contributed by atoms with van der Waals surface area (Å²) in [5, 5.41) is 3.88. The Morgan fingerprint density at radius 1 is 1.19 bits per heavy atom. The molecule has 0 spiro atoms. The first-order chi connectivity index (χ1) is 12.8. The van der Waals surface area contributed by atoms with Gasteiger partial charge in [0, 0.05) is 24.1 Å². The molecule has 0 atom stereocenters. The Kier molecular flexibility index (Phi) is 5.51. The summed E-state index contributed by atoms with van der Waals surface area (Å²) in [7, 11) is 0. The first-order valence-corrected chi connectivity index (χ1v) is 10.0. The van der Waals surface area contributed by atoms with Crippen LogP contribution in [-0.2, 0) is 5.41 Å². The summed E-state index contributed by atoms with van der Waals surface area (Å²) in [6.45, 7) is 8.08. The van der Waals surface area contributed by atoms with Gasteiger partial charge < -0.3 is 16.0 Å². The molecule has 2 amide bonds. The van der Waals surface area contributed by atoms with E-state index in [1.54, 1.807) is 18.3 Å². The average Bonchev–Trinajstić information content (AvgIpc) is 3.13. The van der Waals surface area contributed by atoms with E-state index in [9.17, 15) is 9.59 Å². The number of thiazole rings is 1. The average molecular weight is 387 g/mol. The van der Waals surface area contributed by atoms with Gasteiger partial charge in [-0.15, -0.1) is 11.3 Å². The van der Waals surface area contributed by atoms with E-state index in [0.29, 0.717) is 16.1 Å². The lowest BCUT2D eigenvalue weighted by atomic mass is 9.98. The molecular formula is C20H26N4O2S. The van der Waals surface area contributed by atoms with Gasteiger partial charge in [0.25, 0.3) is 5.91 Å². The van der Waals surface area contributed by atoms with Gasteiger partial charge in [-0.3, -0.25) is 9.59 Å². The fourth-order valence-electron chi connectivity index (χ4n) is 3.11. The van der Waals surface area contributed by atoms with Gasteiger partial charge in [-0.2, -0.15) is 0 Å². The van der Waals surface area contributed by atoms with Crippen molar-refractivity contribution in [1.29, 1.82) is 0 Å². The maximum atomic E-state index is 12.8. The van der Waals surface area contributed by atoms with E-state index < -0.39 is 5.91 Å². The number of benzene rings is 1. The van der Waals surface area contributed by atoms with E-state index in [4.69, 9.17) is 5.73 Å². The number of amides is 2. The molecule has 1 aromatic carbocycles. The van der Waals surface area contributed by atoms with E-state index in [-0.39, 0.29) is 11.3 Å². The fourth-order valence-corrected chi connectivity index (χ4v) is 3.98. The molecule has 1 aliphatic rings. The molecule has 6 nitrogen and oxygen atoms in total. The maximum absolute atomic E-state index is 12.8. The largest absolute Gasteiger partial charge is 0.370 e. The summed E-state index contributed by atoms with van der Waals surface area (Å²) < 4.78 is 0. The van der Waals surface area contributed by atoms with Crippen molar-refractivity contribution in [2.45, 2.75) is 45.4 Å². The predicted molar refractivity (Wildman–Crippen MR) is 110 cm³/mol. The number of hydrogen-bond acceptors (Lipinski definition) is 5. The fraction of sp³-hybridized carbons (Fsp3) is 0.450. The zero-order chi connectivity index (χ0) is 19.6. The van der Waals surface area contributed by atoms with Crippen LogP contribution in [0.5, 0.6) is 0 Å². The monoisotopic (exact) mass is 386 g/mol. The van der Waals surface area contributed by atoms with Crippen molar-refractivity contribution in [3.05, 3.63) is 39.8 Å². The Morgan fingerprint density at radius 2 is 1.89 bits per heavy atom. The normalized spacial score (nSPS) is 14.9. The number of aromatic nitrogens is 1. The highest BCUT2D eigenvalue weighted by Gasteiger charge is 2.22. The molecule has 2 aromatic rings. The molecule has 2 heterocycles. The summed E-state index contributed by atoms with van der Waals surface area (Å²) in [6.07, 6.45) is 5.07. The number of hydrogen-bond donors (Lipinski definition) is 2. The van der Waals surface area contributed by atoms with Crippen molar-refractivity contribution < 1.29 is 9.59 Å². The van der Waals surface area contributed by atoms with Crippen LogP contribution in [0, 0.1) is 0 Å². The highest BCUT2D eigenvalue weighted by Crippen LogP contribution is 2.31. The lowest BCUT2D eigenvalue weighted by Gasteiger charge is -2.30. The van der Waals surface area contributed by atoms with Gasteiger partial charge in [0.2, 0.25) is 5.91 Å². The summed E-state index contributed by atoms with van der Waals surface area (Å²) in [4.78, 5) is 31.6. The number of piperidine rings is 1. The molecule has 1 saturated heterocycles. The minimum Gasteiger partial charge on any atom is -0.370 e. The number of nitrogens with zero attached hydrogens (tertiary/aromatic N) is 2. The number of anilines is 2. The molecule has 7 heteroatoms. The number of carbonyl (C=O) groups excluding carboxylic acids is 2. The van der Waals surface area contributed by atoms with Crippen LogP contribution in [0.1, 0.15) is 65.1 Å². The Bertz CT molecular complexity index is 848. The quantitative estimate of drug-likeness (QED) is 0.837. The number of rotatable bonds is 4. The van der Waals surface area contributed by atoms with Crippen LogP contribution >= 0.6 is 11.3 Å². The number of carbonyl (C=O) groups is 2. The predicted octanol–water partition coefficient (Wildman–Crippen LogP) is 3.78. The van der Waals surface area contributed by atoms with Crippen LogP contribution < -0.4 is 16.0 Å². The number of nitrogens with one attached hydrogen (secondary N) is 1. The van der Waals surface area contributed by atoms with Crippen LogP contribution in [0.25, 0.3) is 0 Å². The molecule has 1 aromatic heterocycles. The van der Waals surface area contributed by atoms with Crippen molar-refractivity contribution in [3.63, 3.8) is 0 Å². The molecule has 27 heavy (non-hydrogen) atoms. The molecule has 1 fully saturated rings. The molecular weight excluding hydrogens is 360 g/mol. The summed E-state index contributed by atoms with van der Waals surface area (Å²) in [5.74, 6) is -0.730. The van der Waals surface area contributed by atoms with E-state index in [2.05, 4.69) is 36.0 Å². The molecule has 0 bridgehead atoms. The van der Waals surface area contributed by atoms with Gasteiger partial charge in [-0.1, -0.05) is 20.8 Å². The Morgan fingerprint density at radius 3 is 2.48 bits per heavy atom. The summed E-state index contributed by atoms with van der Waals surface area (Å²) in [5.41, 5.74) is 7.25. The Labute approximate surface area is 163 Å². The van der Waals surface area contributed by atoms with Crippen LogP contribution in [0.2, 0.25) is 0 Å². The second kappa shape index (κ2) is 7.68. The zero-order valence-electron chi connectivity index (χ0n) is 16.0. The van der Waals surface area contributed by atoms with Crippen molar-refractivity contribution >= 4 is 34.5 Å². The van der Waals surface area contributed by atoms with Gasteiger partial charge in [-0.05, 0) is 37.5 Å². The van der Waals surface area contributed by atoms with Crippen molar-refractivity contribution in [2.75, 3.05) is 23.3 Å². The molecule has 0 saturated carbocycles. The third kappa shape index (κ3) is 4.47. The van der Waals surface area contributed by atoms with Gasteiger partial charge >= 0.3 is 0 Å². The zero-order valence-corrected chi connectivity index (χ0v) is 16.9. The highest BCUT2D eigenvalue weighted by molar-refractivity contribution is 7.13. The first-order valence-electron chi connectivity index (χ1n) is 9.22. The van der Waals surface area contributed by atoms with Gasteiger partial charge in [0.15, 0.2) is 0 Å². The van der Waals surface area contributed by atoms with Crippen LogP contribution in [0.3, 0.4) is 0 Å². The Balaban J connectivity index is 1.89. The van der Waals surface area contributed by atoms with Gasteiger partial charge in [0.1, 0.15) is 4.88 Å². The minimum atomic E-state index is -0.511. The molecule has 3 rings (SSSR count).